The van der Waals surface area contributed by atoms with E-state index in [2.05, 4.69) is 11.2 Å². The second-order valence-corrected chi connectivity index (χ2v) is 7.63. The molecule has 0 fully saturated rings. The van der Waals surface area contributed by atoms with Gasteiger partial charge in [0, 0.05) is 12.5 Å². The Kier molecular flexibility index (Phi) is 7.05. The molecule has 1 rings (SSSR count). The third kappa shape index (κ3) is 5.30. The molecule has 0 saturated heterocycles. The summed E-state index contributed by atoms with van der Waals surface area (Å²) >= 11 is 5.76. The van der Waals surface area contributed by atoms with Crippen molar-refractivity contribution in [2.45, 2.75) is 47.0 Å². The minimum atomic E-state index is -0.317. The number of nitrogens with zero attached hydrogens (tertiary/aromatic N) is 5. The predicted molar refractivity (Wildman–Crippen MR) is 94.6 cm³/mol. The van der Waals surface area contributed by atoms with Crippen molar-refractivity contribution in [2.75, 3.05) is 5.73 Å². The molecule has 0 aromatic carbocycles. The molecule has 6 nitrogen and oxygen atoms in total. The second kappa shape index (κ2) is 7.86. The largest absolute Gasteiger partial charge is 0.381 e. The van der Waals surface area contributed by atoms with Gasteiger partial charge in [-0.15, -0.1) is 0 Å². The lowest BCUT2D eigenvalue weighted by atomic mass is 9.89. The van der Waals surface area contributed by atoms with Gasteiger partial charge >= 0.3 is 0 Å². The van der Waals surface area contributed by atoms with Crippen LogP contribution in [0.5, 0.6) is 0 Å². The monoisotopic (exact) mass is 346 g/mol. The number of hydrogen-bond acceptors (Lipinski definition) is 5. The topological polar surface area (TPSA) is 115 Å². The predicted octanol–water partition coefficient (Wildman–Crippen LogP) is 3.74. The highest BCUT2D eigenvalue weighted by Crippen LogP contribution is 2.30. The Morgan fingerprint density at radius 3 is 1.75 bits per heavy atom. The van der Waals surface area contributed by atoms with Crippen molar-refractivity contribution in [1.82, 2.24) is 9.78 Å². The summed E-state index contributed by atoms with van der Waals surface area (Å²) in [6.45, 7) is 11.6. The van der Waals surface area contributed by atoms with E-state index < -0.39 is 0 Å². The summed E-state index contributed by atoms with van der Waals surface area (Å²) in [7, 11) is 1.80. The molecular weight excluding hydrogens is 324 g/mol. The zero-order chi connectivity index (χ0) is 19.3. The number of halogens is 1. The fraction of sp³-hybridized carbons (Fsp3) is 0.529. The molecule has 0 saturated carbocycles. The molecule has 0 atom stereocenters. The number of aromatic nitrogens is 2. The Labute approximate surface area is 148 Å². The fourth-order valence-electron chi connectivity index (χ4n) is 2.01. The minimum absolute atomic E-state index is 0.000772. The van der Waals surface area contributed by atoms with Gasteiger partial charge in [0.25, 0.3) is 0 Å². The summed E-state index contributed by atoms with van der Waals surface area (Å²) in [6, 6.07) is 5.57. The third-order valence-corrected chi connectivity index (χ3v) is 3.75. The number of anilines is 1. The smallest absolute Gasteiger partial charge is 0.163 e. The Morgan fingerprint density at radius 1 is 1.08 bits per heavy atom. The van der Waals surface area contributed by atoms with Gasteiger partial charge in [-0.05, 0) is 5.41 Å². The van der Waals surface area contributed by atoms with Crippen molar-refractivity contribution >= 4 is 17.4 Å². The van der Waals surface area contributed by atoms with Crippen LogP contribution < -0.4 is 5.73 Å². The minimum Gasteiger partial charge on any atom is -0.381 e. The molecule has 0 aliphatic heterocycles. The number of aryl methyl sites for hydroxylation is 1. The number of nitrogen functional groups attached to an aromatic ring is 1. The highest BCUT2D eigenvalue weighted by atomic mass is 35.5. The van der Waals surface area contributed by atoms with Gasteiger partial charge in [-0.25, -0.2) is 0 Å². The number of rotatable bonds is 0. The van der Waals surface area contributed by atoms with Crippen LogP contribution in [0.2, 0.25) is 0 Å². The van der Waals surface area contributed by atoms with E-state index in [0.717, 1.165) is 5.69 Å². The van der Waals surface area contributed by atoms with Crippen LogP contribution in [0.15, 0.2) is 10.6 Å². The normalized spacial score (nSPS) is 10.5. The number of nitriles is 3. The molecule has 7 heteroatoms. The summed E-state index contributed by atoms with van der Waals surface area (Å²) in [4.78, 5) is 0. The molecule has 0 spiro atoms. The Hall–Kier alpha value is -2.49. The van der Waals surface area contributed by atoms with Crippen molar-refractivity contribution in [3.63, 3.8) is 0 Å². The van der Waals surface area contributed by atoms with E-state index in [1.165, 1.54) is 0 Å². The molecule has 0 aliphatic carbocycles. The first kappa shape index (κ1) is 21.5. The van der Waals surface area contributed by atoms with E-state index in [-0.39, 0.29) is 16.4 Å². The van der Waals surface area contributed by atoms with Gasteiger partial charge in [0.2, 0.25) is 0 Å². The summed E-state index contributed by atoms with van der Waals surface area (Å²) < 4.78 is 1.67. The van der Waals surface area contributed by atoms with Crippen LogP contribution >= 0.6 is 11.6 Å². The molecule has 0 unspecified atom stereocenters. The molecule has 2 N–H and O–H groups in total. The van der Waals surface area contributed by atoms with Gasteiger partial charge in [-0.2, -0.15) is 20.9 Å². The maximum Gasteiger partial charge on any atom is 0.163 e. The molecule has 1 heterocycles. The Morgan fingerprint density at radius 2 is 1.54 bits per heavy atom. The van der Waals surface area contributed by atoms with Crippen molar-refractivity contribution in [3.05, 3.63) is 21.9 Å². The number of allylic oxidation sites excluding steroid dienone is 2. The van der Waals surface area contributed by atoms with Gasteiger partial charge in [-0.3, -0.25) is 4.68 Å². The molecular formula is C17H23ClN6. The standard InChI is InChI=1S/C9H14N4.C8H9ClN2/c1-9(2,3)7-6(5-10)8(11)12-13(7)4;1-8(2,3)7(9)6(4-10)5-11/h1-4H3,(H2,11,12);1-3H3. The first-order valence-corrected chi connectivity index (χ1v) is 7.62. The summed E-state index contributed by atoms with van der Waals surface area (Å²) in [5.74, 6) is 0.315. The van der Waals surface area contributed by atoms with Crippen molar-refractivity contribution < 1.29 is 0 Å². The van der Waals surface area contributed by atoms with E-state index in [1.807, 2.05) is 41.5 Å². The zero-order valence-electron chi connectivity index (χ0n) is 15.2. The van der Waals surface area contributed by atoms with Crippen molar-refractivity contribution in [2.24, 2.45) is 12.5 Å². The van der Waals surface area contributed by atoms with Crippen molar-refractivity contribution in [1.29, 1.82) is 15.8 Å². The molecule has 24 heavy (non-hydrogen) atoms. The third-order valence-electron chi connectivity index (χ3n) is 3.00. The quantitative estimate of drug-likeness (QED) is 0.718. The maximum absolute atomic E-state index is 8.89. The van der Waals surface area contributed by atoms with E-state index in [4.69, 9.17) is 33.1 Å². The van der Waals surface area contributed by atoms with E-state index in [9.17, 15) is 0 Å². The first-order valence-electron chi connectivity index (χ1n) is 7.24. The molecule has 1 aromatic rings. The molecule has 128 valence electrons. The summed E-state index contributed by atoms with van der Waals surface area (Å²) in [5, 5.41) is 30.1. The second-order valence-electron chi connectivity index (χ2n) is 7.26. The molecule has 0 bridgehead atoms. The maximum atomic E-state index is 8.89. The summed E-state index contributed by atoms with van der Waals surface area (Å²) in [6.07, 6.45) is 0. The van der Waals surface area contributed by atoms with Crippen molar-refractivity contribution in [3.8, 4) is 18.2 Å². The fourth-order valence-corrected chi connectivity index (χ4v) is 2.10. The van der Waals surface area contributed by atoms with Gasteiger partial charge in [-0.1, -0.05) is 53.1 Å². The van der Waals surface area contributed by atoms with E-state index >= 15 is 0 Å². The van der Waals surface area contributed by atoms with E-state index in [0.29, 0.717) is 16.4 Å². The average Bonchev–Trinajstić information content (AvgIpc) is 2.73. The van der Waals surface area contributed by atoms with Crippen LogP contribution in [-0.4, -0.2) is 9.78 Å². The zero-order valence-corrected chi connectivity index (χ0v) is 15.9. The van der Waals surface area contributed by atoms with Gasteiger partial charge < -0.3 is 5.73 Å². The van der Waals surface area contributed by atoms with Crippen LogP contribution in [0.25, 0.3) is 0 Å². The van der Waals surface area contributed by atoms with Crippen LogP contribution in [0, 0.1) is 39.4 Å². The lowest BCUT2D eigenvalue weighted by molar-refractivity contribution is 0.522. The molecule has 0 amide bonds. The Balaban J connectivity index is 0.000000449. The highest BCUT2D eigenvalue weighted by Gasteiger charge is 2.25. The van der Waals surface area contributed by atoms with Crippen LogP contribution in [0.1, 0.15) is 52.8 Å². The lowest BCUT2D eigenvalue weighted by Crippen LogP contribution is -2.17. The first-order chi connectivity index (χ1) is 10.8. The lowest BCUT2D eigenvalue weighted by Gasteiger charge is -2.18. The van der Waals surface area contributed by atoms with Crippen LogP contribution in [0.3, 0.4) is 0 Å². The average molecular weight is 347 g/mol. The highest BCUT2D eigenvalue weighted by molar-refractivity contribution is 6.31. The van der Waals surface area contributed by atoms with Crippen LogP contribution in [-0.2, 0) is 12.5 Å². The summed E-state index contributed by atoms with van der Waals surface area (Å²) in [5.41, 5.74) is 6.55. The molecule has 0 aliphatic rings. The molecule has 0 radical (unpaired) electrons. The SMILES string of the molecule is CC(C)(C)C(Cl)=C(C#N)C#N.Cn1nc(N)c(C#N)c1C(C)(C)C. The van der Waals surface area contributed by atoms with Gasteiger partial charge in [0.05, 0.1) is 10.7 Å². The van der Waals surface area contributed by atoms with Gasteiger partial charge in [0.1, 0.15) is 29.3 Å². The number of nitrogens with two attached hydrogens (primary N) is 1. The number of hydrogen-bond donors (Lipinski definition) is 1. The van der Waals surface area contributed by atoms with E-state index in [1.54, 1.807) is 23.9 Å². The Bertz CT molecular complexity index is 736. The van der Waals surface area contributed by atoms with Crippen LogP contribution in [0.4, 0.5) is 5.82 Å². The van der Waals surface area contributed by atoms with Gasteiger partial charge in [0.15, 0.2) is 5.82 Å². The molecule has 1 aromatic heterocycles.